The average Bonchev–Trinajstić information content (AvgIpc) is 2.96. The lowest BCUT2D eigenvalue weighted by Gasteiger charge is -2.17. The summed E-state index contributed by atoms with van der Waals surface area (Å²) in [6, 6.07) is 9.04. The Hall–Kier alpha value is -2.95. The molecule has 2 atom stereocenters. The number of hydrogen-bond acceptors (Lipinski definition) is 5. The zero-order valence-corrected chi connectivity index (χ0v) is 14.4. The van der Waals surface area contributed by atoms with E-state index in [0.717, 1.165) is 23.0 Å². The summed E-state index contributed by atoms with van der Waals surface area (Å²) in [5.41, 5.74) is 2.80. The Labute approximate surface area is 146 Å². The number of fused-ring (bicyclic) bond motifs is 1. The zero-order valence-electron chi connectivity index (χ0n) is 14.4. The fourth-order valence-corrected chi connectivity index (χ4v) is 3.13. The largest absolute Gasteiger partial charge is 0.504 e. The number of ether oxygens (including phenoxy) is 3. The van der Waals surface area contributed by atoms with Crippen molar-refractivity contribution in [3.05, 3.63) is 53.1 Å². The van der Waals surface area contributed by atoms with Crippen LogP contribution < -0.4 is 14.2 Å². The monoisotopic (exact) mass is 340 g/mol. The third-order valence-corrected chi connectivity index (χ3v) is 4.41. The number of phenolic OH excluding ortho intramolecular Hbond substituents is 1. The summed E-state index contributed by atoms with van der Waals surface area (Å²) in [4.78, 5) is 10.6. The van der Waals surface area contributed by atoms with E-state index in [1.807, 2.05) is 18.2 Å². The first-order chi connectivity index (χ1) is 12.1. The Balaban J connectivity index is 2.01. The van der Waals surface area contributed by atoms with Crippen LogP contribution in [0.5, 0.6) is 23.0 Å². The minimum atomic E-state index is -0.219. The van der Waals surface area contributed by atoms with Crippen molar-refractivity contribution in [2.24, 2.45) is 0 Å². The van der Waals surface area contributed by atoms with Crippen LogP contribution in [0.1, 0.15) is 35.6 Å². The molecule has 1 aliphatic heterocycles. The second-order valence-corrected chi connectivity index (χ2v) is 5.90. The number of carbonyl (C=O) groups is 1. The van der Waals surface area contributed by atoms with Crippen LogP contribution >= 0.6 is 0 Å². The van der Waals surface area contributed by atoms with Gasteiger partial charge in [-0.25, -0.2) is 0 Å². The van der Waals surface area contributed by atoms with Gasteiger partial charge in [0.15, 0.2) is 23.0 Å². The lowest BCUT2D eigenvalue weighted by molar-refractivity contribution is -0.104. The first-order valence-electron chi connectivity index (χ1n) is 7.96. The number of carbonyl (C=O) groups excluding carboxylic acids is 1. The maximum Gasteiger partial charge on any atom is 0.165 e. The summed E-state index contributed by atoms with van der Waals surface area (Å²) in [5.74, 6) is 1.90. The Kier molecular flexibility index (Phi) is 4.65. The SMILES string of the molecule is COc1cc(C2Oc3c(OC)cc(C=CC=O)cc3C2C)ccc1O. The van der Waals surface area contributed by atoms with Gasteiger partial charge in [-0.1, -0.05) is 19.1 Å². The minimum Gasteiger partial charge on any atom is -0.504 e. The number of aromatic hydroxyl groups is 1. The van der Waals surface area contributed by atoms with E-state index in [-0.39, 0.29) is 17.8 Å². The third-order valence-electron chi connectivity index (χ3n) is 4.41. The highest BCUT2D eigenvalue weighted by molar-refractivity contribution is 5.75. The molecule has 0 aliphatic carbocycles. The molecule has 1 N–H and O–H groups in total. The molecule has 0 spiro atoms. The van der Waals surface area contributed by atoms with Crippen LogP contribution in [0.2, 0.25) is 0 Å². The molecule has 0 saturated carbocycles. The molecule has 2 aromatic carbocycles. The molecule has 0 amide bonds. The summed E-state index contributed by atoms with van der Waals surface area (Å²) in [6.45, 7) is 2.07. The maximum atomic E-state index is 10.6. The number of hydrogen-bond donors (Lipinski definition) is 1. The molecule has 0 aromatic heterocycles. The zero-order chi connectivity index (χ0) is 18.0. The van der Waals surface area contributed by atoms with Crippen LogP contribution in [-0.2, 0) is 4.79 Å². The summed E-state index contributed by atoms with van der Waals surface area (Å²) in [7, 11) is 3.11. The number of phenols is 1. The molecular formula is C20H20O5. The predicted molar refractivity (Wildman–Crippen MR) is 94.5 cm³/mol. The first kappa shape index (κ1) is 16.9. The van der Waals surface area contributed by atoms with Crippen LogP contribution in [0, 0.1) is 0 Å². The fraction of sp³-hybridized carbons (Fsp3) is 0.250. The molecule has 5 nitrogen and oxygen atoms in total. The average molecular weight is 340 g/mol. The quantitative estimate of drug-likeness (QED) is 0.661. The van der Waals surface area contributed by atoms with E-state index in [0.29, 0.717) is 17.2 Å². The van der Waals surface area contributed by atoms with Crippen molar-refractivity contribution in [3.63, 3.8) is 0 Å². The van der Waals surface area contributed by atoms with Gasteiger partial charge in [-0.2, -0.15) is 0 Å². The lowest BCUT2D eigenvalue weighted by Crippen LogP contribution is -2.07. The Morgan fingerprint density at radius 1 is 1.12 bits per heavy atom. The number of methoxy groups -OCH3 is 2. The Bertz CT molecular complexity index is 825. The molecule has 2 aromatic rings. The van der Waals surface area contributed by atoms with Crippen LogP contribution in [-0.4, -0.2) is 25.6 Å². The van der Waals surface area contributed by atoms with Crippen molar-refractivity contribution >= 4 is 12.4 Å². The van der Waals surface area contributed by atoms with Crippen molar-refractivity contribution in [2.75, 3.05) is 14.2 Å². The van der Waals surface area contributed by atoms with Crippen molar-refractivity contribution in [1.29, 1.82) is 0 Å². The molecule has 2 unspecified atom stereocenters. The normalized spacial score (nSPS) is 18.7. The van der Waals surface area contributed by atoms with Crippen molar-refractivity contribution in [3.8, 4) is 23.0 Å². The van der Waals surface area contributed by atoms with Gasteiger partial charge in [-0.15, -0.1) is 0 Å². The molecule has 0 bridgehead atoms. The summed E-state index contributed by atoms with van der Waals surface area (Å²) in [5, 5.41) is 9.80. The minimum absolute atomic E-state index is 0.0720. The van der Waals surface area contributed by atoms with Crippen LogP contribution in [0.3, 0.4) is 0 Å². The second kappa shape index (κ2) is 6.89. The van der Waals surface area contributed by atoms with Crippen molar-refractivity contribution in [2.45, 2.75) is 18.9 Å². The highest BCUT2D eigenvalue weighted by Gasteiger charge is 2.35. The van der Waals surface area contributed by atoms with Gasteiger partial charge in [0.05, 0.1) is 14.2 Å². The van der Waals surface area contributed by atoms with Crippen LogP contribution in [0.4, 0.5) is 0 Å². The van der Waals surface area contributed by atoms with E-state index in [4.69, 9.17) is 14.2 Å². The Morgan fingerprint density at radius 2 is 1.88 bits per heavy atom. The van der Waals surface area contributed by atoms with Crippen molar-refractivity contribution in [1.82, 2.24) is 0 Å². The molecule has 5 heteroatoms. The molecule has 1 heterocycles. The van der Waals surface area contributed by atoms with E-state index in [1.54, 1.807) is 25.3 Å². The van der Waals surface area contributed by atoms with Gasteiger partial charge in [-0.3, -0.25) is 4.79 Å². The molecule has 0 saturated heterocycles. The molecule has 130 valence electrons. The summed E-state index contributed by atoms with van der Waals surface area (Å²) in [6.07, 6.45) is 3.71. The van der Waals surface area contributed by atoms with E-state index in [9.17, 15) is 9.90 Å². The van der Waals surface area contributed by atoms with E-state index < -0.39 is 0 Å². The van der Waals surface area contributed by atoms with E-state index in [1.165, 1.54) is 13.2 Å². The summed E-state index contributed by atoms with van der Waals surface area (Å²) >= 11 is 0. The maximum absolute atomic E-state index is 10.6. The highest BCUT2D eigenvalue weighted by Crippen LogP contribution is 2.51. The van der Waals surface area contributed by atoms with E-state index >= 15 is 0 Å². The summed E-state index contributed by atoms with van der Waals surface area (Å²) < 4.78 is 16.8. The van der Waals surface area contributed by atoms with Gasteiger partial charge in [0.25, 0.3) is 0 Å². The second-order valence-electron chi connectivity index (χ2n) is 5.90. The first-order valence-corrected chi connectivity index (χ1v) is 7.96. The van der Waals surface area contributed by atoms with Gasteiger partial charge in [-0.05, 0) is 41.5 Å². The number of benzene rings is 2. The van der Waals surface area contributed by atoms with E-state index in [2.05, 4.69) is 6.92 Å². The smallest absolute Gasteiger partial charge is 0.165 e. The molecule has 0 radical (unpaired) electrons. The van der Waals surface area contributed by atoms with Crippen molar-refractivity contribution < 1.29 is 24.1 Å². The molecular weight excluding hydrogens is 320 g/mol. The fourth-order valence-electron chi connectivity index (χ4n) is 3.13. The van der Waals surface area contributed by atoms with Gasteiger partial charge in [0, 0.05) is 11.5 Å². The number of aldehydes is 1. The third kappa shape index (κ3) is 3.05. The topological polar surface area (TPSA) is 65.0 Å². The molecule has 0 fully saturated rings. The Morgan fingerprint density at radius 3 is 2.56 bits per heavy atom. The molecule has 25 heavy (non-hydrogen) atoms. The van der Waals surface area contributed by atoms with Gasteiger partial charge < -0.3 is 19.3 Å². The lowest BCUT2D eigenvalue weighted by atomic mass is 9.91. The molecule has 3 rings (SSSR count). The van der Waals surface area contributed by atoms with Crippen LogP contribution in [0.15, 0.2) is 36.4 Å². The van der Waals surface area contributed by atoms with Gasteiger partial charge in [0.2, 0.25) is 0 Å². The predicted octanol–water partition coefficient (Wildman–Crippen LogP) is 3.86. The number of allylic oxidation sites excluding steroid dienone is 1. The standard InChI is InChI=1S/C20H20O5/c1-12-15-9-13(5-4-8-21)10-18(24-3)20(15)25-19(12)14-6-7-16(22)17(11-14)23-2/h4-12,19,22H,1-3H3. The highest BCUT2D eigenvalue weighted by atomic mass is 16.5. The van der Waals surface area contributed by atoms with Crippen LogP contribution in [0.25, 0.3) is 6.08 Å². The van der Waals surface area contributed by atoms with Gasteiger partial charge >= 0.3 is 0 Å². The number of rotatable bonds is 5. The van der Waals surface area contributed by atoms with Gasteiger partial charge in [0.1, 0.15) is 12.4 Å². The molecule has 1 aliphatic rings.